The molecule has 0 spiro atoms. The molecule has 0 unspecified atom stereocenters. The predicted octanol–water partition coefficient (Wildman–Crippen LogP) is 3.43. The molecule has 5 heteroatoms. The Morgan fingerprint density at radius 1 is 0.880 bits per heavy atom. The van der Waals surface area contributed by atoms with E-state index in [0.29, 0.717) is 26.2 Å². The van der Waals surface area contributed by atoms with Gasteiger partial charge in [-0.15, -0.1) is 0 Å². The van der Waals surface area contributed by atoms with E-state index >= 15 is 0 Å². The van der Waals surface area contributed by atoms with E-state index in [1.54, 1.807) is 10.4 Å². The summed E-state index contributed by atoms with van der Waals surface area (Å²) in [4.78, 5) is 2.27. The van der Waals surface area contributed by atoms with Gasteiger partial charge in [0.2, 0.25) is 10.0 Å². The Kier molecular flexibility index (Phi) is 5.25. The van der Waals surface area contributed by atoms with Crippen LogP contribution in [-0.2, 0) is 10.0 Å². The second kappa shape index (κ2) is 7.42. The van der Waals surface area contributed by atoms with Gasteiger partial charge in [-0.25, -0.2) is 8.42 Å². The van der Waals surface area contributed by atoms with Crippen molar-refractivity contribution in [3.05, 3.63) is 70.6 Å². The molecular weight excluding hydrogens is 332 g/mol. The average Bonchev–Trinajstić information content (AvgIpc) is 2.63. The third kappa shape index (κ3) is 4.11. The maximum atomic E-state index is 12.5. The van der Waals surface area contributed by atoms with Crippen LogP contribution in [0.15, 0.2) is 53.9 Å². The molecule has 3 rings (SSSR count). The first kappa shape index (κ1) is 17.7. The van der Waals surface area contributed by atoms with Crippen LogP contribution in [0.3, 0.4) is 0 Å². The lowest BCUT2D eigenvalue weighted by Crippen LogP contribution is -2.48. The molecule has 1 saturated heterocycles. The van der Waals surface area contributed by atoms with Crippen LogP contribution in [0.1, 0.15) is 16.7 Å². The van der Waals surface area contributed by atoms with E-state index in [0.717, 1.165) is 5.56 Å². The highest BCUT2D eigenvalue weighted by Gasteiger charge is 2.25. The maximum Gasteiger partial charge on any atom is 0.236 e. The van der Waals surface area contributed by atoms with Gasteiger partial charge < -0.3 is 4.90 Å². The fourth-order valence-corrected chi connectivity index (χ4v) is 4.25. The molecule has 1 fully saturated rings. The number of piperazine rings is 1. The summed E-state index contributed by atoms with van der Waals surface area (Å²) >= 11 is 0. The molecule has 0 aromatic heterocycles. The van der Waals surface area contributed by atoms with E-state index in [9.17, 15) is 8.42 Å². The van der Waals surface area contributed by atoms with Gasteiger partial charge >= 0.3 is 0 Å². The highest BCUT2D eigenvalue weighted by atomic mass is 32.2. The van der Waals surface area contributed by atoms with E-state index in [-0.39, 0.29) is 0 Å². The summed E-state index contributed by atoms with van der Waals surface area (Å²) in [7, 11) is -3.38. The van der Waals surface area contributed by atoms with E-state index in [4.69, 9.17) is 0 Å². The SMILES string of the molecule is Cc1cccc(N2CCN(S(=O)(=O)C=Cc3ccccc3)CC2)c1C. The zero-order chi connectivity index (χ0) is 17.9. The largest absolute Gasteiger partial charge is 0.369 e. The molecule has 0 saturated carbocycles. The fraction of sp³-hybridized carbons (Fsp3) is 0.300. The van der Waals surface area contributed by atoms with Gasteiger partial charge in [0.25, 0.3) is 0 Å². The number of hydrogen-bond donors (Lipinski definition) is 0. The van der Waals surface area contributed by atoms with Gasteiger partial charge in [0.15, 0.2) is 0 Å². The lowest BCUT2D eigenvalue weighted by molar-refractivity contribution is 0.390. The van der Waals surface area contributed by atoms with Gasteiger partial charge in [0, 0.05) is 37.3 Å². The second-order valence-electron chi connectivity index (χ2n) is 6.36. The quantitative estimate of drug-likeness (QED) is 0.843. The lowest BCUT2D eigenvalue weighted by atomic mass is 10.1. The molecular formula is C20H24N2O2S. The minimum Gasteiger partial charge on any atom is -0.369 e. The zero-order valence-corrected chi connectivity index (χ0v) is 15.5. The molecule has 0 amide bonds. The number of rotatable bonds is 4. The van der Waals surface area contributed by atoms with Gasteiger partial charge in [0.05, 0.1) is 0 Å². The summed E-state index contributed by atoms with van der Waals surface area (Å²) in [6.45, 7) is 6.67. The van der Waals surface area contributed by atoms with E-state index in [1.807, 2.05) is 30.3 Å². The Labute approximate surface area is 150 Å². The van der Waals surface area contributed by atoms with Crippen LogP contribution >= 0.6 is 0 Å². The number of hydrogen-bond acceptors (Lipinski definition) is 3. The van der Waals surface area contributed by atoms with Gasteiger partial charge in [-0.05, 0) is 42.7 Å². The normalized spacial score (nSPS) is 16.5. The van der Waals surface area contributed by atoms with Gasteiger partial charge in [-0.2, -0.15) is 4.31 Å². The first-order chi connectivity index (χ1) is 12.0. The molecule has 0 aliphatic carbocycles. The Bertz CT molecular complexity index is 853. The van der Waals surface area contributed by atoms with Crippen LogP contribution in [0.5, 0.6) is 0 Å². The molecule has 1 aliphatic heterocycles. The van der Waals surface area contributed by atoms with Crippen molar-refractivity contribution in [2.75, 3.05) is 31.1 Å². The van der Waals surface area contributed by atoms with Crippen LogP contribution in [0, 0.1) is 13.8 Å². The monoisotopic (exact) mass is 356 g/mol. The van der Waals surface area contributed by atoms with Gasteiger partial charge in [-0.1, -0.05) is 42.5 Å². The second-order valence-corrected chi connectivity index (χ2v) is 8.18. The highest BCUT2D eigenvalue weighted by Crippen LogP contribution is 2.24. The fourth-order valence-electron chi connectivity index (χ4n) is 3.08. The van der Waals surface area contributed by atoms with Crippen LogP contribution in [0.2, 0.25) is 0 Å². The van der Waals surface area contributed by atoms with Gasteiger partial charge in [0.1, 0.15) is 0 Å². The van der Waals surface area contributed by atoms with Crippen molar-refractivity contribution < 1.29 is 8.42 Å². The molecule has 4 nitrogen and oxygen atoms in total. The Morgan fingerprint density at radius 3 is 2.24 bits per heavy atom. The van der Waals surface area contributed by atoms with Crippen molar-refractivity contribution in [3.63, 3.8) is 0 Å². The summed E-state index contributed by atoms with van der Waals surface area (Å²) in [5.41, 5.74) is 4.62. The predicted molar refractivity (Wildman–Crippen MR) is 104 cm³/mol. The molecule has 2 aromatic rings. The number of nitrogens with zero attached hydrogens (tertiary/aromatic N) is 2. The summed E-state index contributed by atoms with van der Waals surface area (Å²) in [6.07, 6.45) is 1.66. The molecule has 1 aliphatic rings. The van der Waals surface area contributed by atoms with Crippen LogP contribution in [0.4, 0.5) is 5.69 Å². The van der Waals surface area contributed by atoms with E-state index < -0.39 is 10.0 Å². The van der Waals surface area contributed by atoms with Crippen molar-refractivity contribution in [1.82, 2.24) is 4.31 Å². The first-order valence-corrected chi connectivity index (χ1v) is 10.0. The average molecular weight is 356 g/mol. The van der Waals surface area contributed by atoms with Crippen molar-refractivity contribution >= 4 is 21.8 Å². The zero-order valence-electron chi connectivity index (χ0n) is 14.7. The summed E-state index contributed by atoms with van der Waals surface area (Å²) < 4.78 is 26.7. The third-order valence-corrected chi connectivity index (χ3v) is 6.31. The number of sulfonamides is 1. The van der Waals surface area contributed by atoms with Crippen molar-refractivity contribution in [2.24, 2.45) is 0 Å². The highest BCUT2D eigenvalue weighted by molar-refractivity contribution is 7.92. The maximum absolute atomic E-state index is 12.5. The molecule has 2 aromatic carbocycles. The minimum atomic E-state index is -3.38. The summed E-state index contributed by atoms with van der Waals surface area (Å²) in [5, 5.41) is 1.32. The summed E-state index contributed by atoms with van der Waals surface area (Å²) in [5.74, 6) is 0. The van der Waals surface area contributed by atoms with Crippen molar-refractivity contribution in [1.29, 1.82) is 0 Å². The van der Waals surface area contributed by atoms with Crippen LogP contribution in [-0.4, -0.2) is 38.9 Å². The smallest absolute Gasteiger partial charge is 0.236 e. The minimum absolute atomic E-state index is 0.509. The number of anilines is 1. The molecule has 0 bridgehead atoms. The van der Waals surface area contributed by atoms with E-state index in [1.165, 1.54) is 22.2 Å². The standard InChI is InChI=1S/C20H24N2O2S/c1-17-7-6-10-20(18(17)2)21-12-14-22(15-13-21)25(23,24)16-11-19-8-4-3-5-9-19/h3-11,16H,12-15H2,1-2H3. The van der Waals surface area contributed by atoms with Crippen molar-refractivity contribution in [3.8, 4) is 0 Å². The van der Waals surface area contributed by atoms with Crippen LogP contribution in [0.25, 0.3) is 6.08 Å². The Hall–Kier alpha value is -2.11. The Morgan fingerprint density at radius 2 is 1.56 bits per heavy atom. The Balaban J connectivity index is 1.67. The summed E-state index contributed by atoms with van der Waals surface area (Å²) in [6, 6.07) is 15.8. The molecule has 0 atom stereocenters. The molecule has 0 radical (unpaired) electrons. The van der Waals surface area contributed by atoms with Gasteiger partial charge in [-0.3, -0.25) is 0 Å². The first-order valence-electron chi connectivity index (χ1n) is 8.52. The lowest BCUT2D eigenvalue weighted by Gasteiger charge is -2.35. The topological polar surface area (TPSA) is 40.6 Å². The number of benzene rings is 2. The van der Waals surface area contributed by atoms with E-state index in [2.05, 4.69) is 36.9 Å². The van der Waals surface area contributed by atoms with Crippen molar-refractivity contribution in [2.45, 2.75) is 13.8 Å². The molecule has 132 valence electrons. The number of aryl methyl sites for hydroxylation is 1. The third-order valence-electron chi connectivity index (χ3n) is 4.75. The molecule has 25 heavy (non-hydrogen) atoms. The van der Waals surface area contributed by atoms with Crippen LogP contribution < -0.4 is 4.90 Å². The molecule has 0 N–H and O–H groups in total. The molecule has 1 heterocycles.